The first-order valence-electron chi connectivity index (χ1n) is 11.2. The van der Waals surface area contributed by atoms with E-state index in [1.54, 1.807) is 30.5 Å². The monoisotopic (exact) mass is 484 g/mol. The van der Waals surface area contributed by atoms with Crippen molar-refractivity contribution in [3.05, 3.63) is 71.0 Å². The van der Waals surface area contributed by atoms with Crippen LogP contribution in [0.1, 0.15) is 22.3 Å². The van der Waals surface area contributed by atoms with Crippen molar-refractivity contribution in [2.75, 3.05) is 32.8 Å². The van der Waals surface area contributed by atoms with E-state index >= 15 is 0 Å². The topological polar surface area (TPSA) is 97.1 Å². The summed E-state index contributed by atoms with van der Waals surface area (Å²) in [5.74, 6) is -0.920. The summed E-state index contributed by atoms with van der Waals surface area (Å²) >= 11 is 0. The normalized spacial score (nSPS) is 14.9. The fraction of sp³-hybridized carbons (Fsp3) is 0.360. The van der Waals surface area contributed by atoms with Crippen molar-refractivity contribution in [1.29, 1.82) is 0 Å². The lowest BCUT2D eigenvalue weighted by atomic mass is 10.0. The molecule has 0 radical (unpaired) electrons. The summed E-state index contributed by atoms with van der Waals surface area (Å²) < 4.78 is 37.5. The molecular formula is C25H28N2O6S. The van der Waals surface area contributed by atoms with E-state index in [1.165, 1.54) is 9.21 Å². The maximum atomic E-state index is 12.7. The molecule has 0 spiro atoms. The molecule has 1 aliphatic heterocycles. The number of ether oxygens (including phenoxy) is 1. The van der Waals surface area contributed by atoms with Gasteiger partial charge >= 0.3 is 5.97 Å². The Hall–Kier alpha value is -3.17. The van der Waals surface area contributed by atoms with Crippen molar-refractivity contribution in [2.24, 2.45) is 0 Å². The lowest BCUT2D eigenvalue weighted by molar-refractivity contribution is -0.152. The number of amides is 1. The van der Waals surface area contributed by atoms with Crippen LogP contribution in [-0.4, -0.2) is 62.3 Å². The minimum atomic E-state index is -3.46. The van der Waals surface area contributed by atoms with Gasteiger partial charge in [-0.15, -0.1) is 0 Å². The summed E-state index contributed by atoms with van der Waals surface area (Å²) in [6, 6.07) is 12.9. The third kappa shape index (κ3) is 5.48. The number of hydrogen-bond donors (Lipinski definition) is 0. The first-order chi connectivity index (χ1) is 16.2. The van der Waals surface area contributed by atoms with Crippen LogP contribution >= 0.6 is 0 Å². The molecule has 1 amide bonds. The number of rotatable bonds is 7. The highest BCUT2D eigenvalue weighted by molar-refractivity contribution is 7.88. The Labute approximate surface area is 199 Å². The number of sulfonamides is 1. The zero-order chi connectivity index (χ0) is 24.3. The van der Waals surface area contributed by atoms with Crippen LogP contribution in [0.25, 0.3) is 11.0 Å². The van der Waals surface area contributed by atoms with Crippen molar-refractivity contribution in [1.82, 2.24) is 9.21 Å². The SMILES string of the molecule is Cc1cc2occ(CC(=O)OCC(=O)N3CCN(S(=O)(=O)Cc4ccccc4)CC3)c2cc1C. The number of fused-ring (bicyclic) bond motifs is 1. The Kier molecular flexibility index (Phi) is 7.04. The van der Waals surface area contributed by atoms with E-state index in [0.717, 1.165) is 22.1 Å². The Morgan fingerprint density at radius 3 is 2.38 bits per heavy atom. The van der Waals surface area contributed by atoms with Crippen LogP contribution in [0.5, 0.6) is 0 Å². The number of piperazine rings is 1. The van der Waals surface area contributed by atoms with Crippen molar-refractivity contribution in [2.45, 2.75) is 26.0 Å². The van der Waals surface area contributed by atoms with Gasteiger partial charge < -0.3 is 14.1 Å². The number of nitrogens with zero attached hydrogens (tertiary/aromatic N) is 2. The molecule has 0 N–H and O–H groups in total. The van der Waals surface area contributed by atoms with E-state index in [1.807, 2.05) is 32.0 Å². The van der Waals surface area contributed by atoms with Gasteiger partial charge in [0.1, 0.15) is 5.58 Å². The molecule has 1 fully saturated rings. The number of carbonyl (C=O) groups is 2. The quantitative estimate of drug-likeness (QED) is 0.479. The summed E-state index contributed by atoms with van der Waals surface area (Å²) in [4.78, 5) is 26.4. The highest BCUT2D eigenvalue weighted by Gasteiger charge is 2.29. The fourth-order valence-corrected chi connectivity index (χ4v) is 5.52. The molecule has 8 nitrogen and oxygen atoms in total. The molecule has 4 rings (SSSR count). The molecule has 34 heavy (non-hydrogen) atoms. The third-order valence-electron chi connectivity index (χ3n) is 6.14. The predicted octanol–water partition coefficient (Wildman–Crippen LogP) is 2.81. The highest BCUT2D eigenvalue weighted by Crippen LogP contribution is 2.25. The van der Waals surface area contributed by atoms with Crippen LogP contribution in [0.4, 0.5) is 0 Å². The largest absolute Gasteiger partial charge is 0.464 e. The van der Waals surface area contributed by atoms with E-state index < -0.39 is 16.0 Å². The third-order valence-corrected chi connectivity index (χ3v) is 7.99. The van der Waals surface area contributed by atoms with Crippen LogP contribution in [0.15, 0.2) is 53.1 Å². The smallest absolute Gasteiger partial charge is 0.310 e. The molecule has 0 atom stereocenters. The molecule has 0 unspecified atom stereocenters. The lowest BCUT2D eigenvalue weighted by Crippen LogP contribution is -2.51. The van der Waals surface area contributed by atoms with Gasteiger partial charge in [0.15, 0.2) is 6.61 Å². The average molecular weight is 485 g/mol. The van der Waals surface area contributed by atoms with Gasteiger partial charge in [0, 0.05) is 37.1 Å². The molecule has 0 saturated carbocycles. The van der Waals surface area contributed by atoms with Crippen LogP contribution in [-0.2, 0) is 36.5 Å². The van der Waals surface area contributed by atoms with Crippen molar-refractivity contribution >= 4 is 32.9 Å². The van der Waals surface area contributed by atoms with Gasteiger partial charge in [-0.1, -0.05) is 30.3 Å². The maximum absolute atomic E-state index is 12.7. The molecule has 2 heterocycles. The number of furan rings is 1. The van der Waals surface area contributed by atoms with Crippen LogP contribution in [0.2, 0.25) is 0 Å². The molecular weight excluding hydrogens is 456 g/mol. The number of hydrogen-bond acceptors (Lipinski definition) is 6. The summed E-state index contributed by atoms with van der Waals surface area (Å²) in [5.41, 5.74) is 4.36. The Balaban J connectivity index is 1.26. The van der Waals surface area contributed by atoms with Gasteiger partial charge in [-0.25, -0.2) is 8.42 Å². The predicted molar refractivity (Wildman–Crippen MR) is 128 cm³/mol. The number of esters is 1. The Morgan fingerprint density at radius 1 is 1.00 bits per heavy atom. The second-order valence-electron chi connectivity index (χ2n) is 8.55. The van der Waals surface area contributed by atoms with Gasteiger partial charge in [-0.05, 0) is 42.7 Å². The van der Waals surface area contributed by atoms with Crippen LogP contribution in [0.3, 0.4) is 0 Å². The van der Waals surface area contributed by atoms with E-state index in [9.17, 15) is 18.0 Å². The van der Waals surface area contributed by atoms with Gasteiger partial charge in [0.25, 0.3) is 5.91 Å². The average Bonchev–Trinajstić information content (AvgIpc) is 3.19. The van der Waals surface area contributed by atoms with Gasteiger partial charge in [-0.2, -0.15) is 4.31 Å². The zero-order valence-electron chi connectivity index (χ0n) is 19.3. The van der Waals surface area contributed by atoms with Crippen molar-refractivity contribution in [3.8, 4) is 0 Å². The van der Waals surface area contributed by atoms with E-state index in [-0.39, 0.29) is 50.9 Å². The molecule has 1 aliphatic rings. The molecule has 9 heteroatoms. The molecule has 1 saturated heterocycles. The van der Waals surface area contributed by atoms with Gasteiger partial charge in [-0.3, -0.25) is 9.59 Å². The van der Waals surface area contributed by atoms with E-state index in [0.29, 0.717) is 11.1 Å². The van der Waals surface area contributed by atoms with Gasteiger partial charge in [0.2, 0.25) is 10.0 Å². The molecule has 2 aromatic carbocycles. The molecule has 0 bridgehead atoms. The molecule has 180 valence electrons. The first kappa shape index (κ1) is 24.0. The summed E-state index contributed by atoms with van der Waals surface area (Å²) in [6.45, 7) is 4.57. The maximum Gasteiger partial charge on any atom is 0.310 e. The van der Waals surface area contributed by atoms with Crippen LogP contribution in [0, 0.1) is 13.8 Å². The fourth-order valence-electron chi connectivity index (χ4n) is 4.00. The summed E-state index contributed by atoms with van der Waals surface area (Å²) in [5, 5.41) is 0.860. The van der Waals surface area contributed by atoms with Crippen LogP contribution < -0.4 is 0 Å². The second-order valence-corrected chi connectivity index (χ2v) is 10.5. The molecule has 3 aromatic rings. The second kappa shape index (κ2) is 9.99. The van der Waals surface area contributed by atoms with Crippen molar-refractivity contribution < 1.29 is 27.2 Å². The van der Waals surface area contributed by atoms with Crippen molar-refractivity contribution in [3.63, 3.8) is 0 Å². The Morgan fingerprint density at radius 2 is 1.68 bits per heavy atom. The number of aryl methyl sites for hydroxylation is 2. The highest BCUT2D eigenvalue weighted by atomic mass is 32.2. The minimum Gasteiger partial charge on any atom is -0.464 e. The molecule has 0 aliphatic carbocycles. The zero-order valence-corrected chi connectivity index (χ0v) is 20.1. The Bertz CT molecular complexity index is 1290. The first-order valence-corrected chi connectivity index (χ1v) is 12.8. The summed E-state index contributed by atoms with van der Waals surface area (Å²) in [7, 11) is -3.46. The van der Waals surface area contributed by atoms with Gasteiger partial charge in [0.05, 0.1) is 18.4 Å². The molecule has 1 aromatic heterocycles. The standard InChI is InChI=1S/C25H28N2O6S/c1-18-12-22-21(15-32-23(22)13-19(18)2)14-25(29)33-16-24(28)26-8-10-27(11-9-26)34(30,31)17-20-6-4-3-5-7-20/h3-7,12-13,15H,8-11,14,16-17H2,1-2H3. The number of benzene rings is 2. The number of carbonyl (C=O) groups excluding carboxylic acids is 2. The lowest BCUT2D eigenvalue weighted by Gasteiger charge is -2.33. The minimum absolute atomic E-state index is 0.00822. The van der Waals surface area contributed by atoms with E-state index in [2.05, 4.69) is 0 Å². The van der Waals surface area contributed by atoms with E-state index in [4.69, 9.17) is 9.15 Å². The summed E-state index contributed by atoms with van der Waals surface area (Å²) in [6.07, 6.45) is 1.55.